The fourth-order valence-electron chi connectivity index (χ4n) is 4.20. The van der Waals surface area contributed by atoms with Crippen LogP contribution in [0.5, 0.6) is 5.75 Å². The molecule has 0 bridgehead atoms. The lowest BCUT2D eigenvalue weighted by atomic mass is 9.93. The number of alkyl carbamates (subject to hydrolysis) is 1. The lowest BCUT2D eigenvalue weighted by molar-refractivity contribution is -0.141. The van der Waals surface area contributed by atoms with E-state index in [0.29, 0.717) is 52.1 Å². The van der Waals surface area contributed by atoms with Gasteiger partial charge in [-0.2, -0.15) is 0 Å². The minimum Gasteiger partial charge on any atom is -0.493 e. The third kappa shape index (κ3) is 6.87. The van der Waals surface area contributed by atoms with Crippen LogP contribution in [-0.4, -0.2) is 73.1 Å². The highest BCUT2D eigenvalue weighted by Crippen LogP contribution is 2.22. The van der Waals surface area contributed by atoms with Gasteiger partial charge < -0.3 is 24.6 Å². The number of rotatable bonds is 7. The number of ether oxygens (including phenoxy) is 2. The largest absolute Gasteiger partial charge is 0.493 e. The Morgan fingerprint density at radius 1 is 1.03 bits per heavy atom. The fourth-order valence-corrected chi connectivity index (χ4v) is 4.20. The first kappa shape index (κ1) is 22.9. The summed E-state index contributed by atoms with van der Waals surface area (Å²) in [5.74, 6) is 0.899. The van der Waals surface area contributed by atoms with E-state index in [-0.39, 0.29) is 23.8 Å². The molecule has 170 valence electrons. The molecular weight excluding hydrogens is 398 g/mol. The van der Waals surface area contributed by atoms with Crippen molar-refractivity contribution in [3.63, 3.8) is 0 Å². The molecule has 0 aromatic heterocycles. The Labute approximate surface area is 183 Å². The fraction of sp³-hybridized carbons (Fsp3) is 0.609. The summed E-state index contributed by atoms with van der Waals surface area (Å²) < 4.78 is 10.6. The van der Waals surface area contributed by atoms with E-state index >= 15 is 0 Å². The highest BCUT2D eigenvalue weighted by molar-refractivity contribution is 5.80. The van der Waals surface area contributed by atoms with Crippen molar-refractivity contribution in [3.05, 3.63) is 30.3 Å². The maximum atomic E-state index is 13.0. The van der Waals surface area contributed by atoms with E-state index in [4.69, 9.17) is 9.47 Å². The molecule has 1 aromatic rings. The molecule has 3 rings (SSSR count). The summed E-state index contributed by atoms with van der Waals surface area (Å²) in [5.41, 5.74) is 0. The van der Waals surface area contributed by atoms with Gasteiger partial charge in [-0.25, -0.2) is 4.79 Å². The lowest BCUT2D eigenvalue weighted by Gasteiger charge is -2.37. The van der Waals surface area contributed by atoms with Crippen LogP contribution < -0.4 is 10.1 Å². The number of amides is 3. The predicted octanol–water partition coefficient (Wildman–Crippen LogP) is 2.43. The van der Waals surface area contributed by atoms with Gasteiger partial charge in [-0.1, -0.05) is 18.2 Å². The van der Waals surface area contributed by atoms with Crippen LogP contribution in [0.25, 0.3) is 0 Å². The molecule has 0 saturated carbocycles. The summed E-state index contributed by atoms with van der Waals surface area (Å²) in [7, 11) is 0. The normalized spacial score (nSPS) is 19.6. The molecule has 0 spiro atoms. The van der Waals surface area contributed by atoms with Crippen molar-refractivity contribution >= 4 is 17.9 Å². The van der Waals surface area contributed by atoms with Crippen LogP contribution in [0, 0.1) is 5.92 Å². The summed E-state index contributed by atoms with van der Waals surface area (Å²) >= 11 is 0. The number of carbonyl (C=O) groups is 3. The first-order valence-electron chi connectivity index (χ1n) is 11.2. The van der Waals surface area contributed by atoms with Crippen molar-refractivity contribution in [1.82, 2.24) is 15.1 Å². The smallest absolute Gasteiger partial charge is 0.407 e. The number of para-hydroxylation sites is 1. The lowest BCUT2D eigenvalue weighted by Crippen LogP contribution is -2.52. The Morgan fingerprint density at radius 3 is 2.48 bits per heavy atom. The van der Waals surface area contributed by atoms with Crippen molar-refractivity contribution < 1.29 is 23.9 Å². The SMILES string of the molecule is CCOC(=O)NC1CCCN(C(=O)C2CCN(C(=O)CCOc3ccccc3)CC2)C1. The first-order valence-corrected chi connectivity index (χ1v) is 11.2. The molecule has 31 heavy (non-hydrogen) atoms. The van der Waals surface area contributed by atoms with Crippen LogP contribution in [0.3, 0.4) is 0 Å². The Hall–Kier alpha value is -2.77. The van der Waals surface area contributed by atoms with Crippen LogP contribution in [0.2, 0.25) is 0 Å². The number of piperidine rings is 2. The molecule has 3 amide bonds. The molecule has 8 nitrogen and oxygen atoms in total. The maximum Gasteiger partial charge on any atom is 0.407 e. The van der Waals surface area contributed by atoms with Gasteiger partial charge in [-0.05, 0) is 44.7 Å². The molecule has 8 heteroatoms. The van der Waals surface area contributed by atoms with Gasteiger partial charge in [0.05, 0.1) is 19.6 Å². The second-order valence-electron chi connectivity index (χ2n) is 8.05. The summed E-state index contributed by atoms with van der Waals surface area (Å²) in [6.07, 6.45) is 2.97. The number of hydrogen-bond acceptors (Lipinski definition) is 5. The van der Waals surface area contributed by atoms with Crippen molar-refractivity contribution in [3.8, 4) is 5.75 Å². The Kier molecular flexibility index (Phi) is 8.55. The van der Waals surface area contributed by atoms with Gasteiger partial charge in [0.25, 0.3) is 0 Å². The molecular formula is C23H33N3O5. The maximum absolute atomic E-state index is 13.0. The molecule has 1 atom stereocenters. The van der Waals surface area contributed by atoms with Crippen LogP contribution in [0.4, 0.5) is 4.79 Å². The number of nitrogens with one attached hydrogen (secondary N) is 1. The van der Waals surface area contributed by atoms with Crippen molar-refractivity contribution in [1.29, 1.82) is 0 Å². The molecule has 2 heterocycles. The van der Waals surface area contributed by atoms with E-state index in [1.165, 1.54) is 0 Å². The summed E-state index contributed by atoms with van der Waals surface area (Å²) in [6.45, 7) is 4.88. The summed E-state index contributed by atoms with van der Waals surface area (Å²) in [5, 5.41) is 2.84. The minimum atomic E-state index is -0.426. The quantitative estimate of drug-likeness (QED) is 0.716. The van der Waals surface area contributed by atoms with E-state index in [0.717, 1.165) is 25.1 Å². The Bertz CT molecular complexity index is 734. The van der Waals surface area contributed by atoms with Gasteiger partial charge in [0.1, 0.15) is 5.75 Å². The second-order valence-corrected chi connectivity index (χ2v) is 8.05. The zero-order valence-electron chi connectivity index (χ0n) is 18.3. The minimum absolute atomic E-state index is 0.0639. The van der Waals surface area contributed by atoms with Gasteiger partial charge >= 0.3 is 6.09 Å². The molecule has 1 unspecified atom stereocenters. The number of hydrogen-bond donors (Lipinski definition) is 1. The first-order chi connectivity index (χ1) is 15.1. The third-order valence-electron chi connectivity index (χ3n) is 5.86. The molecule has 1 N–H and O–H groups in total. The topological polar surface area (TPSA) is 88.2 Å². The van der Waals surface area contributed by atoms with Crippen molar-refractivity contribution in [2.75, 3.05) is 39.4 Å². The number of benzene rings is 1. The van der Waals surface area contributed by atoms with Crippen LogP contribution in [0.1, 0.15) is 39.0 Å². The number of carbonyl (C=O) groups excluding carboxylic acids is 3. The zero-order valence-corrected chi connectivity index (χ0v) is 18.3. The van der Waals surface area contributed by atoms with Crippen LogP contribution >= 0.6 is 0 Å². The standard InChI is InChI=1S/C23H33N3O5/c1-2-30-23(29)24-19-7-6-13-26(17-19)22(28)18-10-14-25(15-11-18)21(27)12-16-31-20-8-4-3-5-9-20/h3-5,8-9,18-19H,2,6-7,10-17H2,1H3,(H,24,29). The zero-order chi connectivity index (χ0) is 22.1. The average molecular weight is 432 g/mol. The monoisotopic (exact) mass is 431 g/mol. The molecule has 2 aliphatic rings. The highest BCUT2D eigenvalue weighted by atomic mass is 16.5. The Morgan fingerprint density at radius 2 is 1.77 bits per heavy atom. The molecule has 2 aliphatic heterocycles. The van der Waals surface area contributed by atoms with Gasteiger partial charge in [0.2, 0.25) is 11.8 Å². The van der Waals surface area contributed by atoms with Gasteiger partial charge in [-0.3, -0.25) is 9.59 Å². The Balaban J connectivity index is 1.38. The molecule has 1 aromatic carbocycles. The average Bonchev–Trinajstić information content (AvgIpc) is 2.79. The van der Waals surface area contributed by atoms with Gasteiger partial charge in [-0.15, -0.1) is 0 Å². The van der Waals surface area contributed by atoms with Gasteiger partial charge in [0.15, 0.2) is 0 Å². The van der Waals surface area contributed by atoms with Crippen LogP contribution in [-0.2, 0) is 14.3 Å². The van der Waals surface area contributed by atoms with E-state index in [1.807, 2.05) is 40.1 Å². The molecule has 0 radical (unpaired) electrons. The van der Waals surface area contributed by atoms with E-state index in [9.17, 15) is 14.4 Å². The van der Waals surface area contributed by atoms with Gasteiger partial charge in [0, 0.05) is 38.1 Å². The van der Waals surface area contributed by atoms with E-state index in [2.05, 4.69) is 5.32 Å². The third-order valence-corrected chi connectivity index (χ3v) is 5.86. The molecule has 2 fully saturated rings. The molecule has 0 aliphatic carbocycles. The van der Waals surface area contributed by atoms with E-state index < -0.39 is 6.09 Å². The second kappa shape index (κ2) is 11.6. The summed E-state index contributed by atoms with van der Waals surface area (Å²) in [6, 6.07) is 9.39. The number of likely N-dealkylation sites (tertiary alicyclic amines) is 2. The number of nitrogens with zero attached hydrogens (tertiary/aromatic N) is 2. The highest BCUT2D eigenvalue weighted by Gasteiger charge is 2.32. The van der Waals surface area contributed by atoms with E-state index in [1.54, 1.807) is 6.92 Å². The van der Waals surface area contributed by atoms with Crippen molar-refractivity contribution in [2.45, 2.75) is 45.1 Å². The van der Waals surface area contributed by atoms with Crippen molar-refractivity contribution in [2.24, 2.45) is 5.92 Å². The predicted molar refractivity (Wildman–Crippen MR) is 116 cm³/mol. The summed E-state index contributed by atoms with van der Waals surface area (Å²) in [4.78, 5) is 40.8. The molecule has 2 saturated heterocycles. The van der Waals surface area contributed by atoms with Crippen LogP contribution in [0.15, 0.2) is 30.3 Å².